The molecule has 2 aromatic rings. The summed E-state index contributed by atoms with van der Waals surface area (Å²) in [7, 11) is 1.99. The van der Waals surface area contributed by atoms with Gasteiger partial charge >= 0.3 is 0 Å². The molecule has 0 aliphatic rings. The molecule has 19 heavy (non-hydrogen) atoms. The topological polar surface area (TPSA) is 40.7 Å². The number of nitrogens with zero attached hydrogens (tertiary/aromatic N) is 1. The maximum Gasteiger partial charge on any atom is 0.107 e. The van der Waals surface area contributed by atoms with E-state index >= 15 is 0 Å². The lowest BCUT2D eigenvalue weighted by Gasteiger charge is -2.21. The van der Waals surface area contributed by atoms with Gasteiger partial charge in [-0.2, -0.15) is 0 Å². The van der Waals surface area contributed by atoms with Gasteiger partial charge < -0.3 is 10.3 Å². The van der Waals surface area contributed by atoms with Gasteiger partial charge in [-0.15, -0.1) is 0 Å². The normalized spacial score (nSPS) is 13.5. The van der Waals surface area contributed by atoms with E-state index in [0.29, 0.717) is 6.04 Å². The number of rotatable bonds is 4. The number of aromatic nitrogens is 2. The van der Waals surface area contributed by atoms with Crippen molar-refractivity contribution in [2.45, 2.75) is 38.6 Å². The molecule has 1 atom stereocenters. The summed E-state index contributed by atoms with van der Waals surface area (Å²) < 4.78 is 0. The van der Waals surface area contributed by atoms with Gasteiger partial charge in [0, 0.05) is 24.9 Å². The van der Waals surface area contributed by atoms with Crippen LogP contribution < -0.4 is 5.32 Å². The SMILES string of the molecule is CNC(Cc1ncc[nH]1)c1ccc(C(C)(C)C)cc1. The molecule has 1 heterocycles. The van der Waals surface area contributed by atoms with Crippen LogP contribution in [0.5, 0.6) is 0 Å². The van der Waals surface area contributed by atoms with Crippen LogP contribution >= 0.6 is 0 Å². The Labute approximate surface area is 115 Å². The lowest BCUT2D eigenvalue weighted by molar-refractivity contribution is 0.571. The summed E-state index contributed by atoms with van der Waals surface area (Å²) in [5.41, 5.74) is 2.87. The third kappa shape index (κ3) is 3.44. The Morgan fingerprint density at radius 2 is 1.89 bits per heavy atom. The summed E-state index contributed by atoms with van der Waals surface area (Å²) in [6, 6.07) is 9.17. The maximum absolute atomic E-state index is 4.29. The largest absolute Gasteiger partial charge is 0.349 e. The Morgan fingerprint density at radius 3 is 2.37 bits per heavy atom. The van der Waals surface area contributed by atoms with Crippen LogP contribution in [0.3, 0.4) is 0 Å². The van der Waals surface area contributed by atoms with E-state index in [9.17, 15) is 0 Å². The lowest BCUT2D eigenvalue weighted by atomic mass is 9.86. The van der Waals surface area contributed by atoms with Crippen molar-refractivity contribution < 1.29 is 0 Å². The number of aromatic amines is 1. The van der Waals surface area contributed by atoms with E-state index in [2.05, 4.69) is 60.3 Å². The number of hydrogen-bond acceptors (Lipinski definition) is 2. The van der Waals surface area contributed by atoms with Crippen molar-refractivity contribution in [3.63, 3.8) is 0 Å². The monoisotopic (exact) mass is 257 g/mol. The summed E-state index contributed by atoms with van der Waals surface area (Å²) in [5, 5.41) is 3.35. The maximum atomic E-state index is 4.29. The molecule has 102 valence electrons. The second-order valence-electron chi connectivity index (χ2n) is 5.95. The van der Waals surface area contributed by atoms with Crippen molar-refractivity contribution in [2.75, 3.05) is 7.05 Å². The zero-order valence-corrected chi connectivity index (χ0v) is 12.2. The predicted octanol–water partition coefficient (Wildman–Crippen LogP) is 3.21. The average Bonchev–Trinajstić information content (AvgIpc) is 2.88. The first-order chi connectivity index (χ1) is 9.00. The van der Waals surface area contributed by atoms with Crippen molar-refractivity contribution in [3.8, 4) is 0 Å². The van der Waals surface area contributed by atoms with Crippen LogP contribution in [0, 0.1) is 0 Å². The van der Waals surface area contributed by atoms with Gasteiger partial charge in [-0.25, -0.2) is 4.98 Å². The Hall–Kier alpha value is -1.61. The van der Waals surface area contributed by atoms with Crippen LogP contribution in [-0.4, -0.2) is 17.0 Å². The molecule has 0 fully saturated rings. The van der Waals surface area contributed by atoms with Crippen LogP contribution in [0.1, 0.15) is 43.8 Å². The lowest BCUT2D eigenvalue weighted by Crippen LogP contribution is -2.20. The summed E-state index contributed by atoms with van der Waals surface area (Å²) in [6.45, 7) is 6.71. The van der Waals surface area contributed by atoms with E-state index in [0.717, 1.165) is 12.2 Å². The van der Waals surface area contributed by atoms with Crippen molar-refractivity contribution in [2.24, 2.45) is 0 Å². The molecule has 0 bridgehead atoms. The van der Waals surface area contributed by atoms with E-state index in [-0.39, 0.29) is 5.41 Å². The van der Waals surface area contributed by atoms with Crippen molar-refractivity contribution in [1.29, 1.82) is 0 Å². The van der Waals surface area contributed by atoms with E-state index < -0.39 is 0 Å². The fourth-order valence-corrected chi connectivity index (χ4v) is 2.20. The first-order valence-electron chi connectivity index (χ1n) is 6.76. The highest BCUT2D eigenvalue weighted by Gasteiger charge is 2.15. The van der Waals surface area contributed by atoms with Gasteiger partial charge in [0.2, 0.25) is 0 Å². The minimum absolute atomic E-state index is 0.203. The molecule has 0 amide bonds. The Morgan fingerprint density at radius 1 is 1.21 bits per heavy atom. The van der Waals surface area contributed by atoms with Crippen molar-refractivity contribution in [3.05, 3.63) is 53.6 Å². The first-order valence-corrected chi connectivity index (χ1v) is 6.76. The molecule has 1 aromatic heterocycles. The van der Waals surface area contributed by atoms with Crippen LogP contribution in [-0.2, 0) is 11.8 Å². The summed E-state index contributed by atoms with van der Waals surface area (Å²) >= 11 is 0. The van der Waals surface area contributed by atoms with Crippen molar-refractivity contribution >= 4 is 0 Å². The highest BCUT2D eigenvalue weighted by atomic mass is 14.9. The van der Waals surface area contributed by atoms with Gasteiger partial charge in [-0.3, -0.25) is 0 Å². The predicted molar refractivity (Wildman–Crippen MR) is 79.2 cm³/mol. The van der Waals surface area contributed by atoms with Crippen LogP contribution in [0.15, 0.2) is 36.7 Å². The summed E-state index contributed by atoms with van der Waals surface area (Å²) in [5.74, 6) is 1.01. The molecule has 3 nitrogen and oxygen atoms in total. The Bertz CT molecular complexity index is 492. The van der Waals surface area contributed by atoms with Crippen LogP contribution in [0.2, 0.25) is 0 Å². The van der Waals surface area contributed by atoms with E-state index in [1.54, 1.807) is 6.20 Å². The number of H-pyrrole nitrogens is 1. The zero-order chi connectivity index (χ0) is 13.9. The second kappa shape index (κ2) is 5.57. The smallest absolute Gasteiger partial charge is 0.107 e. The van der Waals surface area contributed by atoms with Crippen LogP contribution in [0.4, 0.5) is 0 Å². The van der Waals surface area contributed by atoms with Crippen molar-refractivity contribution in [1.82, 2.24) is 15.3 Å². The Kier molecular flexibility index (Phi) is 4.05. The first kappa shape index (κ1) is 13.8. The molecular formula is C16H23N3. The molecule has 2 N–H and O–H groups in total. The third-order valence-electron chi connectivity index (χ3n) is 3.48. The molecule has 0 aliphatic carbocycles. The highest BCUT2D eigenvalue weighted by molar-refractivity contribution is 5.29. The minimum atomic E-state index is 0.203. The minimum Gasteiger partial charge on any atom is -0.349 e. The van der Waals surface area contributed by atoms with E-state index in [1.807, 2.05) is 13.2 Å². The van der Waals surface area contributed by atoms with Gasteiger partial charge in [0.25, 0.3) is 0 Å². The molecule has 3 heteroatoms. The van der Waals surface area contributed by atoms with E-state index in [1.165, 1.54) is 11.1 Å². The number of imidazole rings is 1. The molecule has 2 rings (SSSR count). The standard InChI is InChI=1S/C16H23N3/c1-16(2,3)13-7-5-12(6-8-13)14(17-4)11-15-18-9-10-19-15/h5-10,14,17H,11H2,1-4H3,(H,18,19). The molecular weight excluding hydrogens is 234 g/mol. The fraction of sp³-hybridized carbons (Fsp3) is 0.438. The van der Waals surface area contributed by atoms with Gasteiger partial charge in [0.15, 0.2) is 0 Å². The molecule has 0 saturated carbocycles. The quantitative estimate of drug-likeness (QED) is 0.883. The van der Waals surface area contributed by atoms with Gasteiger partial charge in [-0.05, 0) is 23.6 Å². The number of benzene rings is 1. The second-order valence-corrected chi connectivity index (χ2v) is 5.95. The summed E-state index contributed by atoms with van der Waals surface area (Å²) in [6.07, 6.45) is 4.54. The molecule has 1 unspecified atom stereocenters. The molecule has 0 aliphatic heterocycles. The fourth-order valence-electron chi connectivity index (χ4n) is 2.20. The van der Waals surface area contributed by atoms with Crippen LogP contribution in [0.25, 0.3) is 0 Å². The molecule has 0 radical (unpaired) electrons. The Balaban J connectivity index is 2.15. The number of likely N-dealkylation sites (N-methyl/N-ethyl adjacent to an activating group) is 1. The average molecular weight is 257 g/mol. The highest BCUT2D eigenvalue weighted by Crippen LogP contribution is 2.24. The zero-order valence-electron chi connectivity index (χ0n) is 12.2. The molecule has 0 spiro atoms. The third-order valence-corrected chi connectivity index (χ3v) is 3.48. The van der Waals surface area contributed by atoms with Gasteiger partial charge in [0.05, 0.1) is 0 Å². The summed E-state index contributed by atoms with van der Waals surface area (Å²) in [4.78, 5) is 7.45. The van der Waals surface area contributed by atoms with Gasteiger partial charge in [0.1, 0.15) is 5.82 Å². The molecule has 1 aromatic carbocycles. The van der Waals surface area contributed by atoms with E-state index in [4.69, 9.17) is 0 Å². The number of nitrogens with one attached hydrogen (secondary N) is 2. The number of hydrogen-bond donors (Lipinski definition) is 2. The van der Waals surface area contributed by atoms with Gasteiger partial charge in [-0.1, -0.05) is 45.0 Å². The molecule has 0 saturated heterocycles.